The Hall–Kier alpha value is -0.610. The van der Waals surface area contributed by atoms with E-state index in [0.29, 0.717) is 12.1 Å². The van der Waals surface area contributed by atoms with E-state index in [1.165, 1.54) is 25.7 Å². The number of nitrogens with zero attached hydrogens (tertiary/aromatic N) is 1. The van der Waals surface area contributed by atoms with Crippen LogP contribution in [0.15, 0.2) is 0 Å². The van der Waals surface area contributed by atoms with Crippen LogP contribution in [0.5, 0.6) is 0 Å². The normalized spacial score (nSPS) is 26.3. The Bertz CT molecular complexity index is 290. The number of hydrogen-bond donors (Lipinski definition) is 2. The van der Waals surface area contributed by atoms with Crippen molar-refractivity contribution in [2.24, 2.45) is 0 Å². The van der Waals surface area contributed by atoms with Gasteiger partial charge in [-0.25, -0.2) is 0 Å². The number of hydrogen-bond acceptors (Lipinski definition) is 3. The van der Waals surface area contributed by atoms with Crippen LogP contribution in [-0.2, 0) is 4.79 Å². The summed E-state index contributed by atoms with van der Waals surface area (Å²) in [6.45, 7) is 8.08. The molecule has 0 radical (unpaired) electrons. The molecule has 1 unspecified atom stereocenters. The molecule has 1 rings (SSSR count). The Morgan fingerprint density at radius 3 is 2.16 bits per heavy atom. The van der Waals surface area contributed by atoms with Crippen molar-refractivity contribution < 1.29 is 4.79 Å². The van der Waals surface area contributed by atoms with Crippen LogP contribution in [-0.4, -0.2) is 48.6 Å². The van der Waals surface area contributed by atoms with Crippen molar-refractivity contribution in [1.29, 1.82) is 0 Å². The van der Waals surface area contributed by atoms with Gasteiger partial charge in [-0.2, -0.15) is 0 Å². The molecule has 0 aliphatic heterocycles. The van der Waals surface area contributed by atoms with E-state index in [-0.39, 0.29) is 17.5 Å². The first kappa shape index (κ1) is 16.4. The molecule has 1 aliphatic rings. The molecule has 0 heterocycles. The van der Waals surface area contributed by atoms with Gasteiger partial charge < -0.3 is 10.6 Å². The topological polar surface area (TPSA) is 44.4 Å². The van der Waals surface area contributed by atoms with Crippen molar-refractivity contribution >= 4 is 5.91 Å². The average molecular weight is 269 g/mol. The maximum Gasteiger partial charge on any atom is 0.237 e. The van der Waals surface area contributed by atoms with E-state index in [4.69, 9.17) is 0 Å². The van der Waals surface area contributed by atoms with Crippen molar-refractivity contribution in [2.45, 2.75) is 77.0 Å². The van der Waals surface area contributed by atoms with E-state index in [1.807, 2.05) is 34.7 Å². The van der Waals surface area contributed by atoms with Gasteiger partial charge in [0.15, 0.2) is 0 Å². The lowest BCUT2D eigenvalue weighted by molar-refractivity contribution is -0.127. The highest BCUT2D eigenvalue weighted by molar-refractivity contribution is 5.81. The number of carbonyl (C=O) groups excluding carboxylic acids is 1. The van der Waals surface area contributed by atoms with E-state index in [0.717, 1.165) is 0 Å². The standard InChI is InChI=1S/C15H31N3O/c1-11(14(19)17-15(2,3)4)18(6)13-9-7-12(16-5)8-10-13/h11-13,16H,7-10H2,1-6H3,(H,17,19). The molecule has 2 N–H and O–H groups in total. The van der Waals surface area contributed by atoms with E-state index < -0.39 is 0 Å². The smallest absolute Gasteiger partial charge is 0.237 e. The molecule has 1 atom stereocenters. The van der Waals surface area contributed by atoms with Gasteiger partial charge in [0.2, 0.25) is 5.91 Å². The monoisotopic (exact) mass is 269 g/mol. The maximum atomic E-state index is 12.2. The third-order valence-electron chi connectivity index (χ3n) is 4.17. The lowest BCUT2D eigenvalue weighted by Gasteiger charge is -2.38. The van der Waals surface area contributed by atoms with Crippen molar-refractivity contribution in [1.82, 2.24) is 15.5 Å². The summed E-state index contributed by atoms with van der Waals surface area (Å²) in [5, 5.41) is 6.41. The Kier molecular flexibility index (Phi) is 5.81. The van der Waals surface area contributed by atoms with Crippen LogP contribution in [0.2, 0.25) is 0 Å². The minimum absolute atomic E-state index is 0.0599. The molecule has 1 amide bonds. The highest BCUT2D eigenvalue weighted by Crippen LogP contribution is 2.23. The molecule has 0 bridgehead atoms. The molecule has 4 heteroatoms. The number of amides is 1. The van der Waals surface area contributed by atoms with Crippen LogP contribution in [0.3, 0.4) is 0 Å². The number of nitrogens with one attached hydrogen (secondary N) is 2. The van der Waals surface area contributed by atoms with Crippen molar-refractivity contribution in [3.05, 3.63) is 0 Å². The van der Waals surface area contributed by atoms with Gasteiger partial charge in [0.05, 0.1) is 6.04 Å². The fourth-order valence-electron chi connectivity index (χ4n) is 2.75. The third-order valence-corrected chi connectivity index (χ3v) is 4.17. The maximum absolute atomic E-state index is 12.2. The molecule has 0 aromatic heterocycles. The molecular weight excluding hydrogens is 238 g/mol. The van der Waals surface area contributed by atoms with Gasteiger partial charge in [-0.15, -0.1) is 0 Å². The predicted octanol–water partition coefficient (Wildman–Crippen LogP) is 1.75. The Morgan fingerprint density at radius 1 is 1.21 bits per heavy atom. The molecule has 0 saturated heterocycles. The second-order valence-electron chi connectivity index (χ2n) is 6.87. The molecule has 0 spiro atoms. The summed E-state index contributed by atoms with van der Waals surface area (Å²) in [6.07, 6.45) is 4.77. The van der Waals surface area contributed by atoms with Crippen LogP contribution in [0.1, 0.15) is 53.4 Å². The third kappa shape index (κ3) is 5.11. The van der Waals surface area contributed by atoms with Gasteiger partial charge >= 0.3 is 0 Å². The summed E-state index contributed by atoms with van der Waals surface area (Å²) < 4.78 is 0. The Morgan fingerprint density at radius 2 is 1.74 bits per heavy atom. The lowest BCUT2D eigenvalue weighted by Crippen LogP contribution is -2.53. The quantitative estimate of drug-likeness (QED) is 0.817. The Labute approximate surface area is 118 Å². The number of likely N-dealkylation sites (N-methyl/N-ethyl adjacent to an activating group) is 1. The summed E-state index contributed by atoms with van der Waals surface area (Å²) in [5.41, 5.74) is -0.157. The average Bonchev–Trinajstić information content (AvgIpc) is 2.35. The molecule has 19 heavy (non-hydrogen) atoms. The van der Waals surface area contributed by atoms with Crippen LogP contribution in [0.4, 0.5) is 0 Å². The minimum Gasteiger partial charge on any atom is -0.350 e. The molecule has 4 nitrogen and oxygen atoms in total. The zero-order chi connectivity index (χ0) is 14.6. The van der Waals surface area contributed by atoms with Crippen molar-refractivity contribution in [3.8, 4) is 0 Å². The summed E-state index contributed by atoms with van der Waals surface area (Å²) in [6, 6.07) is 1.13. The van der Waals surface area contributed by atoms with E-state index in [9.17, 15) is 4.79 Å². The largest absolute Gasteiger partial charge is 0.350 e. The first-order valence-electron chi connectivity index (χ1n) is 7.46. The molecule has 1 saturated carbocycles. The molecule has 0 aromatic carbocycles. The van der Waals surface area contributed by atoms with Gasteiger partial charge in [0, 0.05) is 17.6 Å². The van der Waals surface area contributed by atoms with Crippen LogP contribution in [0, 0.1) is 0 Å². The molecular formula is C15H31N3O. The minimum atomic E-state index is -0.157. The first-order valence-corrected chi connectivity index (χ1v) is 7.46. The SMILES string of the molecule is CNC1CCC(N(C)C(C)C(=O)NC(C)(C)C)CC1. The number of carbonyl (C=O) groups is 1. The highest BCUT2D eigenvalue weighted by Gasteiger charge is 2.29. The van der Waals surface area contributed by atoms with E-state index >= 15 is 0 Å². The van der Waals surface area contributed by atoms with Gasteiger partial charge in [0.25, 0.3) is 0 Å². The summed E-state index contributed by atoms with van der Waals surface area (Å²) in [7, 11) is 4.12. The fourth-order valence-corrected chi connectivity index (χ4v) is 2.75. The molecule has 1 aliphatic carbocycles. The van der Waals surface area contributed by atoms with Gasteiger partial charge in [0.1, 0.15) is 0 Å². The molecule has 112 valence electrons. The van der Waals surface area contributed by atoms with E-state index in [2.05, 4.69) is 22.6 Å². The molecule has 1 fully saturated rings. The number of rotatable bonds is 4. The lowest BCUT2D eigenvalue weighted by atomic mass is 9.90. The van der Waals surface area contributed by atoms with E-state index in [1.54, 1.807) is 0 Å². The summed E-state index contributed by atoms with van der Waals surface area (Å²) in [4.78, 5) is 14.4. The van der Waals surface area contributed by atoms with Crippen molar-refractivity contribution in [2.75, 3.05) is 14.1 Å². The second kappa shape index (κ2) is 6.71. The van der Waals surface area contributed by atoms with Crippen LogP contribution >= 0.6 is 0 Å². The highest BCUT2D eigenvalue weighted by atomic mass is 16.2. The second-order valence-corrected chi connectivity index (χ2v) is 6.87. The predicted molar refractivity (Wildman–Crippen MR) is 80.2 cm³/mol. The summed E-state index contributed by atoms with van der Waals surface area (Å²) >= 11 is 0. The van der Waals surface area contributed by atoms with Crippen LogP contribution < -0.4 is 10.6 Å². The van der Waals surface area contributed by atoms with Crippen LogP contribution in [0.25, 0.3) is 0 Å². The molecule has 0 aromatic rings. The fraction of sp³-hybridized carbons (Fsp3) is 0.933. The zero-order valence-electron chi connectivity index (χ0n) is 13.4. The van der Waals surface area contributed by atoms with Gasteiger partial charge in [-0.1, -0.05) is 0 Å². The van der Waals surface area contributed by atoms with Gasteiger partial charge in [-0.3, -0.25) is 9.69 Å². The zero-order valence-corrected chi connectivity index (χ0v) is 13.4. The Balaban J connectivity index is 2.48. The van der Waals surface area contributed by atoms with Gasteiger partial charge in [-0.05, 0) is 67.5 Å². The first-order chi connectivity index (χ1) is 8.74. The summed E-state index contributed by atoms with van der Waals surface area (Å²) in [5.74, 6) is 0.130. The van der Waals surface area contributed by atoms with Crippen molar-refractivity contribution in [3.63, 3.8) is 0 Å².